The van der Waals surface area contributed by atoms with E-state index in [4.69, 9.17) is 9.47 Å². The summed E-state index contributed by atoms with van der Waals surface area (Å²) in [5.41, 5.74) is -0.452. The van der Waals surface area contributed by atoms with Gasteiger partial charge in [-0.3, -0.25) is 0 Å². The molecule has 4 nitrogen and oxygen atoms in total. The minimum atomic E-state index is -0.886. The Labute approximate surface area is 89.9 Å². The lowest BCUT2D eigenvalue weighted by atomic mass is 9.88. The summed E-state index contributed by atoms with van der Waals surface area (Å²) in [6.07, 6.45) is -1.21. The minimum Gasteiger partial charge on any atom is -0.453 e. The molecular formula is C11H18O4. The fourth-order valence-electron chi connectivity index (χ4n) is 1.58. The molecule has 0 bridgehead atoms. The van der Waals surface area contributed by atoms with Gasteiger partial charge in [0.15, 0.2) is 6.29 Å². The molecule has 0 aliphatic carbocycles. The van der Waals surface area contributed by atoms with Gasteiger partial charge in [-0.25, -0.2) is 4.79 Å². The number of hydrogen-bond acceptors (Lipinski definition) is 4. The summed E-state index contributed by atoms with van der Waals surface area (Å²) in [4.78, 5) is 11.4. The number of hydrogen-bond donors (Lipinski definition) is 1. The molecule has 0 amide bonds. The third kappa shape index (κ3) is 2.06. The van der Waals surface area contributed by atoms with E-state index in [1.54, 1.807) is 27.7 Å². The Kier molecular flexibility index (Phi) is 3.21. The van der Waals surface area contributed by atoms with E-state index in [1.807, 2.05) is 0 Å². The highest BCUT2D eigenvalue weighted by Crippen LogP contribution is 2.38. The van der Waals surface area contributed by atoms with Crippen LogP contribution in [0.1, 0.15) is 27.7 Å². The van der Waals surface area contributed by atoms with Crippen molar-refractivity contribution in [2.24, 2.45) is 5.92 Å². The SMILES string of the molecule is C=C(C)C(=O)OC1(C)C(C)OC(O)C1C. The summed E-state index contributed by atoms with van der Waals surface area (Å²) >= 11 is 0. The molecule has 1 aliphatic rings. The van der Waals surface area contributed by atoms with Gasteiger partial charge in [-0.15, -0.1) is 0 Å². The molecule has 4 heteroatoms. The summed E-state index contributed by atoms with van der Waals surface area (Å²) in [7, 11) is 0. The third-order valence-corrected chi connectivity index (χ3v) is 3.14. The van der Waals surface area contributed by atoms with Crippen LogP contribution >= 0.6 is 0 Å². The smallest absolute Gasteiger partial charge is 0.333 e. The molecule has 0 saturated carbocycles. The number of esters is 1. The second-order valence-corrected chi connectivity index (χ2v) is 4.31. The number of carbonyl (C=O) groups excluding carboxylic acids is 1. The highest BCUT2D eigenvalue weighted by molar-refractivity contribution is 5.87. The zero-order valence-electron chi connectivity index (χ0n) is 9.61. The van der Waals surface area contributed by atoms with Crippen LogP contribution in [0, 0.1) is 5.92 Å². The minimum absolute atomic E-state index is 0.254. The molecule has 0 spiro atoms. The van der Waals surface area contributed by atoms with Crippen LogP contribution < -0.4 is 0 Å². The second kappa shape index (κ2) is 3.94. The normalized spacial score (nSPS) is 40.2. The number of rotatable bonds is 2. The predicted molar refractivity (Wildman–Crippen MR) is 55.0 cm³/mol. The van der Waals surface area contributed by atoms with Crippen molar-refractivity contribution in [3.8, 4) is 0 Å². The third-order valence-electron chi connectivity index (χ3n) is 3.14. The quantitative estimate of drug-likeness (QED) is 0.555. The van der Waals surface area contributed by atoms with Crippen LogP contribution in [0.4, 0.5) is 0 Å². The fraction of sp³-hybridized carbons (Fsp3) is 0.727. The average Bonchev–Trinajstić information content (AvgIpc) is 2.31. The lowest BCUT2D eigenvalue weighted by molar-refractivity contribution is -0.161. The van der Waals surface area contributed by atoms with Crippen LogP contribution in [0.3, 0.4) is 0 Å². The van der Waals surface area contributed by atoms with E-state index in [2.05, 4.69) is 6.58 Å². The van der Waals surface area contributed by atoms with Crippen LogP contribution in [0.5, 0.6) is 0 Å². The van der Waals surface area contributed by atoms with Crippen molar-refractivity contribution in [1.82, 2.24) is 0 Å². The lowest BCUT2D eigenvalue weighted by Crippen LogP contribution is -2.43. The van der Waals surface area contributed by atoms with E-state index in [9.17, 15) is 9.90 Å². The molecule has 0 aromatic rings. The molecule has 0 radical (unpaired) electrons. The zero-order valence-corrected chi connectivity index (χ0v) is 9.61. The summed E-state index contributed by atoms with van der Waals surface area (Å²) in [6.45, 7) is 10.4. The van der Waals surface area contributed by atoms with E-state index >= 15 is 0 Å². The molecule has 1 N–H and O–H groups in total. The molecule has 4 atom stereocenters. The molecule has 1 heterocycles. The van der Waals surface area contributed by atoms with E-state index in [0.717, 1.165) is 0 Å². The molecule has 4 unspecified atom stereocenters. The van der Waals surface area contributed by atoms with Crippen LogP contribution in [-0.2, 0) is 14.3 Å². The first-order chi connectivity index (χ1) is 6.79. The van der Waals surface area contributed by atoms with Crippen molar-refractivity contribution in [2.45, 2.75) is 45.7 Å². The van der Waals surface area contributed by atoms with Gasteiger partial charge in [-0.2, -0.15) is 0 Å². The molecule has 86 valence electrons. The average molecular weight is 214 g/mol. The van der Waals surface area contributed by atoms with Crippen LogP contribution in [0.2, 0.25) is 0 Å². The maximum Gasteiger partial charge on any atom is 0.333 e. The molecule has 1 aliphatic heterocycles. The van der Waals surface area contributed by atoms with Gasteiger partial charge in [-0.1, -0.05) is 13.5 Å². The second-order valence-electron chi connectivity index (χ2n) is 4.31. The maximum atomic E-state index is 11.4. The van der Waals surface area contributed by atoms with Gasteiger partial charge in [0.25, 0.3) is 0 Å². The Morgan fingerprint density at radius 2 is 2.07 bits per heavy atom. The Bertz CT molecular complexity index is 286. The number of aliphatic hydroxyl groups is 1. The zero-order chi connectivity index (χ0) is 11.8. The van der Waals surface area contributed by atoms with Gasteiger partial charge in [0.2, 0.25) is 0 Å². The highest BCUT2D eigenvalue weighted by Gasteiger charge is 2.51. The summed E-state index contributed by atoms with van der Waals surface area (Å²) in [5, 5.41) is 9.52. The van der Waals surface area contributed by atoms with E-state index in [-0.39, 0.29) is 12.0 Å². The number of aliphatic hydroxyl groups excluding tert-OH is 1. The van der Waals surface area contributed by atoms with Crippen LogP contribution in [-0.4, -0.2) is 29.1 Å². The van der Waals surface area contributed by atoms with Crippen molar-refractivity contribution in [1.29, 1.82) is 0 Å². The highest BCUT2D eigenvalue weighted by atomic mass is 16.7. The standard InChI is InChI=1S/C11H18O4/c1-6(2)9(12)15-11(5)7(3)10(13)14-8(11)4/h7-8,10,13H,1H2,2-5H3. The molecule has 0 aromatic carbocycles. The maximum absolute atomic E-state index is 11.4. The largest absolute Gasteiger partial charge is 0.453 e. The van der Waals surface area contributed by atoms with E-state index in [0.29, 0.717) is 5.57 Å². The summed E-state index contributed by atoms with van der Waals surface area (Å²) in [5.74, 6) is -0.704. The Balaban J connectivity index is 2.82. The van der Waals surface area contributed by atoms with Crippen LogP contribution in [0.15, 0.2) is 12.2 Å². The van der Waals surface area contributed by atoms with Crippen LogP contribution in [0.25, 0.3) is 0 Å². The van der Waals surface area contributed by atoms with Crippen molar-refractivity contribution in [2.75, 3.05) is 0 Å². The molecule has 0 aromatic heterocycles. The molecular weight excluding hydrogens is 196 g/mol. The van der Waals surface area contributed by atoms with Gasteiger partial charge in [0, 0.05) is 11.5 Å². The Morgan fingerprint density at radius 3 is 2.40 bits per heavy atom. The summed E-state index contributed by atoms with van der Waals surface area (Å²) in [6, 6.07) is 0. The van der Waals surface area contributed by atoms with Crippen molar-refractivity contribution >= 4 is 5.97 Å². The van der Waals surface area contributed by atoms with Gasteiger partial charge in [-0.05, 0) is 20.8 Å². The molecule has 1 fully saturated rings. The van der Waals surface area contributed by atoms with Gasteiger partial charge in [0.05, 0.1) is 6.10 Å². The monoisotopic (exact) mass is 214 g/mol. The van der Waals surface area contributed by atoms with Crippen molar-refractivity contribution in [3.05, 3.63) is 12.2 Å². The lowest BCUT2D eigenvalue weighted by Gasteiger charge is -2.31. The van der Waals surface area contributed by atoms with Gasteiger partial charge < -0.3 is 14.6 Å². The van der Waals surface area contributed by atoms with Gasteiger partial charge >= 0.3 is 5.97 Å². The number of carbonyl (C=O) groups is 1. The van der Waals surface area contributed by atoms with E-state index in [1.165, 1.54) is 0 Å². The van der Waals surface area contributed by atoms with Crippen molar-refractivity contribution < 1.29 is 19.4 Å². The molecule has 1 rings (SSSR count). The van der Waals surface area contributed by atoms with E-state index < -0.39 is 17.9 Å². The van der Waals surface area contributed by atoms with Gasteiger partial charge in [0.1, 0.15) is 5.60 Å². The van der Waals surface area contributed by atoms with Crippen molar-refractivity contribution in [3.63, 3.8) is 0 Å². The fourth-order valence-corrected chi connectivity index (χ4v) is 1.58. The first-order valence-corrected chi connectivity index (χ1v) is 5.01. The molecule has 15 heavy (non-hydrogen) atoms. The molecule has 1 saturated heterocycles. The predicted octanol–water partition coefficient (Wildman–Crippen LogP) is 1.24. The Hall–Kier alpha value is -0.870. The Morgan fingerprint density at radius 1 is 1.53 bits per heavy atom. The number of ether oxygens (including phenoxy) is 2. The first-order valence-electron chi connectivity index (χ1n) is 5.01. The first kappa shape index (κ1) is 12.2. The topological polar surface area (TPSA) is 55.8 Å². The summed E-state index contributed by atoms with van der Waals surface area (Å²) < 4.78 is 10.6.